The molecule has 4 heteroatoms. The predicted molar refractivity (Wildman–Crippen MR) is 74.9 cm³/mol. The average Bonchev–Trinajstić information content (AvgIpc) is 2.40. The molecule has 19 heavy (non-hydrogen) atoms. The van der Waals surface area contributed by atoms with E-state index in [1.807, 2.05) is 31.3 Å². The molecule has 0 aromatic heterocycles. The molecule has 0 aliphatic rings. The van der Waals surface area contributed by atoms with Crippen LogP contribution in [0.5, 0.6) is 5.75 Å². The van der Waals surface area contributed by atoms with Gasteiger partial charge in [0.1, 0.15) is 18.2 Å². The van der Waals surface area contributed by atoms with Gasteiger partial charge in [-0.3, -0.25) is 0 Å². The lowest BCUT2D eigenvalue weighted by molar-refractivity contribution is 0.296. The number of hydrogen-bond acceptors (Lipinski definition) is 2. The standard InChI is InChI=1S/C15H15ClFNO/c1-18-9-11-5-2-3-8-15(11)19-10-12-13(16)6-4-7-14(12)17/h2-8,18H,9-10H2,1H3. The van der Waals surface area contributed by atoms with Gasteiger partial charge in [-0.2, -0.15) is 0 Å². The Labute approximate surface area is 117 Å². The number of halogens is 2. The molecule has 2 rings (SSSR count). The number of hydrogen-bond donors (Lipinski definition) is 1. The Kier molecular flexibility index (Phi) is 4.77. The third kappa shape index (κ3) is 3.46. The zero-order chi connectivity index (χ0) is 13.7. The lowest BCUT2D eigenvalue weighted by Gasteiger charge is -2.12. The van der Waals surface area contributed by atoms with Crippen molar-refractivity contribution in [3.63, 3.8) is 0 Å². The van der Waals surface area contributed by atoms with Gasteiger partial charge in [0.25, 0.3) is 0 Å². The van der Waals surface area contributed by atoms with Crippen LogP contribution in [0.25, 0.3) is 0 Å². The highest BCUT2D eigenvalue weighted by molar-refractivity contribution is 6.31. The van der Waals surface area contributed by atoms with E-state index in [9.17, 15) is 4.39 Å². The summed E-state index contributed by atoms with van der Waals surface area (Å²) in [6.07, 6.45) is 0. The predicted octanol–water partition coefficient (Wildman–Crippen LogP) is 3.78. The fraction of sp³-hybridized carbons (Fsp3) is 0.200. The van der Waals surface area contributed by atoms with Gasteiger partial charge in [-0.25, -0.2) is 4.39 Å². The number of ether oxygens (including phenoxy) is 1. The number of rotatable bonds is 5. The van der Waals surface area contributed by atoms with E-state index in [1.54, 1.807) is 12.1 Å². The van der Waals surface area contributed by atoms with Crippen molar-refractivity contribution in [1.29, 1.82) is 0 Å². The molecule has 0 bridgehead atoms. The van der Waals surface area contributed by atoms with Crippen LogP contribution in [0, 0.1) is 5.82 Å². The molecule has 2 aromatic rings. The molecule has 0 saturated heterocycles. The maximum absolute atomic E-state index is 13.6. The molecule has 1 N–H and O–H groups in total. The molecule has 0 aliphatic heterocycles. The van der Waals surface area contributed by atoms with Crippen molar-refractivity contribution in [3.8, 4) is 5.75 Å². The van der Waals surface area contributed by atoms with Crippen LogP contribution in [0.15, 0.2) is 42.5 Å². The summed E-state index contributed by atoms with van der Waals surface area (Å²) in [7, 11) is 1.87. The minimum Gasteiger partial charge on any atom is -0.488 e. The monoisotopic (exact) mass is 279 g/mol. The van der Waals surface area contributed by atoms with Gasteiger partial charge in [0.2, 0.25) is 0 Å². The van der Waals surface area contributed by atoms with Crippen molar-refractivity contribution < 1.29 is 9.13 Å². The second kappa shape index (κ2) is 6.55. The Morgan fingerprint density at radius 1 is 1.16 bits per heavy atom. The van der Waals surface area contributed by atoms with Crippen LogP contribution < -0.4 is 10.1 Å². The van der Waals surface area contributed by atoms with Gasteiger partial charge >= 0.3 is 0 Å². The lowest BCUT2D eigenvalue weighted by atomic mass is 10.2. The van der Waals surface area contributed by atoms with Gasteiger partial charge in [-0.1, -0.05) is 35.9 Å². The molecule has 0 fully saturated rings. The van der Waals surface area contributed by atoms with Crippen LogP contribution in [0.2, 0.25) is 5.02 Å². The van der Waals surface area contributed by atoms with E-state index in [1.165, 1.54) is 6.07 Å². The van der Waals surface area contributed by atoms with Crippen molar-refractivity contribution in [1.82, 2.24) is 5.32 Å². The van der Waals surface area contributed by atoms with Gasteiger partial charge in [0, 0.05) is 17.7 Å². The largest absolute Gasteiger partial charge is 0.488 e. The summed E-state index contributed by atoms with van der Waals surface area (Å²) in [4.78, 5) is 0. The maximum atomic E-state index is 13.6. The summed E-state index contributed by atoms with van der Waals surface area (Å²) in [5.74, 6) is 0.384. The minimum atomic E-state index is -0.349. The SMILES string of the molecule is CNCc1ccccc1OCc1c(F)cccc1Cl. The third-order valence-corrected chi connectivity index (χ3v) is 3.13. The lowest BCUT2D eigenvalue weighted by Crippen LogP contribution is -2.08. The fourth-order valence-electron chi connectivity index (χ4n) is 1.80. The van der Waals surface area contributed by atoms with E-state index in [0.29, 0.717) is 17.1 Å². The second-order valence-corrected chi connectivity index (χ2v) is 4.53. The summed E-state index contributed by atoms with van der Waals surface area (Å²) in [5.41, 5.74) is 1.40. The van der Waals surface area contributed by atoms with Gasteiger partial charge in [0.05, 0.1) is 5.02 Å². The molecule has 0 radical (unpaired) electrons. The normalized spacial score (nSPS) is 10.5. The van der Waals surface area contributed by atoms with Crippen molar-refractivity contribution >= 4 is 11.6 Å². The summed E-state index contributed by atoms with van der Waals surface area (Å²) >= 11 is 5.96. The molecule has 2 nitrogen and oxygen atoms in total. The van der Waals surface area contributed by atoms with Crippen molar-refractivity contribution in [3.05, 3.63) is 64.4 Å². The first-order chi connectivity index (χ1) is 9.22. The zero-order valence-corrected chi connectivity index (χ0v) is 11.4. The summed E-state index contributed by atoms with van der Waals surface area (Å²) in [6.45, 7) is 0.813. The van der Waals surface area contributed by atoms with Crippen LogP contribution >= 0.6 is 11.6 Å². The third-order valence-electron chi connectivity index (χ3n) is 2.77. The Morgan fingerprint density at radius 3 is 2.68 bits per heavy atom. The highest BCUT2D eigenvalue weighted by atomic mass is 35.5. The molecule has 0 spiro atoms. The molecule has 0 amide bonds. The summed E-state index contributed by atoms with van der Waals surface area (Å²) in [6, 6.07) is 12.3. The van der Waals surface area contributed by atoms with Crippen LogP contribution in [0.4, 0.5) is 4.39 Å². The van der Waals surface area contributed by atoms with Crippen LogP contribution in [-0.4, -0.2) is 7.05 Å². The minimum absolute atomic E-state index is 0.117. The highest BCUT2D eigenvalue weighted by Gasteiger charge is 2.09. The Balaban J connectivity index is 2.15. The molecular formula is C15H15ClFNO. The number of para-hydroxylation sites is 1. The fourth-order valence-corrected chi connectivity index (χ4v) is 2.02. The van der Waals surface area contributed by atoms with Gasteiger partial charge in [-0.15, -0.1) is 0 Å². The van der Waals surface area contributed by atoms with E-state index in [2.05, 4.69) is 5.32 Å². The van der Waals surface area contributed by atoms with Crippen molar-refractivity contribution in [2.24, 2.45) is 0 Å². The quantitative estimate of drug-likeness (QED) is 0.899. The van der Waals surface area contributed by atoms with Crippen LogP contribution in [0.3, 0.4) is 0 Å². The van der Waals surface area contributed by atoms with E-state index in [-0.39, 0.29) is 12.4 Å². The van der Waals surface area contributed by atoms with Crippen molar-refractivity contribution in [2.75, 3.05) is 7.05 Å². The van der Waals surface area contributed by atoms with Crippen molar-refractivity contribution in [2.45, 2.75) is 13.2 Å². The first kappa shape index (κ1) is 13.8. The topological polar surface area (TPSA) is 21.3 Å². The van der Waals surface area contributed by atoms with Gasteiger partial charge in [-0.05, 0) is 25.2 Å². The first-order valence-electron chi connectivity index (χ1n) is 6.00. The molecular weight excluding hydrogens is 265 g/mol. The van der Waals surface area contributed by atoms with Crippen LogP contribution in [0.1, 0.15) is 11.1 Å². The highest BCUT2D eigenvalue weighted by Crippen LogP contribution is 2.23. The second-order valence-electron chi connectivity index (χ2n) is 4.13. The van der Waals surface area contributed by atoms with E-state index in [0.717, 1.165) is 11.3 Å². The molecule has 0 unspecified atom stereocenters. The molecule has 0 aliphatic carbocycles. The molecule has 0 atom stereocenters. The maximum Gasteiger partial charge on any atom is 0.131 e. The molecule has 0 saturated carbocycles. The van der Waals surface area contributed by atoms with E-state index in [4.69, 9.17) is 16.3 Å². The Bertz CT molecular complexity index is 539. The van der Waals surface area contributed by atoms with Crippen LogP contribution in [-0.2, 0) is 13.2 Å². The van der Waals surface area contributed by atoms with Gasteiger partial charge < -0.3 is 10.1 Å². The summed E-state index contributed by atoms with van der Waals surface area (Å²) in [5, 5.41) is 3.45. The summed E-state index contributed by atoms with van der Waals surface area (Å²) < 4.78 is 19.3. The Hall–Kier alpha value is -1.58. The van der Waals surface area contributed by atoms with Gasteiger partial charge in [0.15, 0.2) is 0 Å². The Morgan fingerprint density at radius 2 is 1.95 bits per heavy atom. The number of nitrogens with one attached hydrogen (secondary N) is 1. The first-order valence-corrected chi connectivity index (χ1v) is 6.38. The zero-order valence-electron chi connectivity index (χ0n) is 10.6. The molecule has 0 heterocycles. The number of benzene rings is 2. The smallest absolute Gasteiger partial charge is 0.131 e. The average molecular weight is 280 g/mol. The molecule has 2 aromatic carbocycles. The molecule has 100 valence electrons. The van der Waals surface area contributed by atoms with E-state index >= 15 is 0 Å². The van der Waals surface area contributed by atoms with E-state index < -0.39 is 0 Å².